The Balaban J connectivity index is 2.13. The van der Waals surface area contributed by atoms with Crippen LogP contribution in [0, 0.1) is 0 Å². The second-order valence-corrected chi connectivity index (χ2v) is 5.60. The minimum Gasteiger partial charge on any atom is -0.507 e. The Morgan fingerprint density at radius 1 is 1.47 bits per heavy atom. The van der Waals surface area contributed by atoms with Crippen molar-refractivity contribution >= 4 is 29.1 Å². The predicted octanol–water partition coefficient (Wildman–Crippen LogP) is 3.67. The van der Waals surface area contributed by atoms with Crippen LogP contribution in [0.1, 0.15) is 36.0 Å². The lowest BCUT2D eigenvalue weighted by Crippen LogP contribution is -2.35. The van der Waals surface area contributed by atoms with Gasteiger partial charge >= 0.3 is 0 Å². The van der Waals surface area contributed by atoms with Gasteiger partial charge in [0, 0.05) is 23.5 Å². The highest BCUT2D eigenvalue weighted by Crippen LogP contribution is 2.28. The Labute approximate surface area is 123 Å². The number of hydrogen-bond donors (Lipinski definition) is 1. The van der Waals surface area contributed by atoms with Crippen LogP contribution in [0.15, 0.2) is 18.2 Å². The van der Waals surface area contributed by atoms with E-state index in [2.05, 4.69) is 0 Å². The zero-order valence-corrected chi connectivity index (χ0v) is 12.1. The summed E-state index contributed by atoms with van der Waals surface area (Å²) in [6.07, 6.45) is 3.84. The van der Waals surface area contributed by atoms with Crippen molar-refractivity contribution in [3.8, 4) is 5.75 Å². The van der Waals surface area contributed by atoms with E-state index >= 15 is 0 Å². The van der Waals surface area contributed by atoms with E-state index in [0.29, 0.717) is 16.5 Å². The van der Waals surface area contributed by atoms with Gasteiger partial charge in [0.05, 0.1) is 5.56 Å². The predicted molar refractivity (Wildman–Crippen MR) is 77.1 cm³/mol. The molecule has 1 aromatic carbocycles. The topological polar surface area (TPSA) is 40.5 Å². The molecule has 3 nitrogen and oxygen atoms in total. The van der Waals surface area contributed by atoms with E-state index in [9.17, 15) is 9.90 Å². The number of rotatable bonds is 4. The van der Waals surface area contributed by atoms with Crippen molar-refractivity contribution in [1.82, 2.24) is 4.90 Å². The number of alkyl halides is 1. The molecule has 0 saturated carbocycles. The molecule has 1 aliphatic heterocycles. The molecule has 0 radical (unpaired) electrons. The van der Waals surface area contributed by atoms with Gasteiger partial charge in [-0.2, -0.15) is 0 Å². The molecule has 0 bridgehead atoms. The Hall–Kier alpha value is -0.930. The highest BCUT2D eigenvalue weighted by molar-refractivity contribution is 6.30. The molecule has 1 saturated heterocycles. The molecule has 0 spiro atoms. The van der Waals surface area contributed by atoms with Crippen LogP contribution in [0.2, 0.25) is 5.02 Å². The number of amides is 1. The Kier molecular flexibility index (Phi) is 4.94. The molecule has 1 amide bonds. The summed E-state index contributed by atoms with van der Waals surface area (Å²) in [5.41, 5.74) is 0.321. The summed E-state index contributed by atoms with van der Waals surface area (Å²) in [5.74, 6) is 0.441. The van der Waals surface area contributed by atoms with Crippen LogP contribution in [-0.4, -0.2) is 34.4 Å². The molecule has 2 rings (SSSR count). The third-order valence-electron chi connectivity index (χ3n) is 3.50. The molecule has 1 heterocycles. The zero-order chi connectivity index (χ0) is 13.8. The number of carbonyl (C=O) groups is 1. The number of phenols is 1. The Morgan fingerprint density at radius 2 is 2.26 bits per heavy atom. The lowest BCUT2D eigenvalue weighted by atomic mass is 10.1. The summed E-state index contributed by atoms with van der Waals surface area (Å²) in [7, 11) is 0. The van der Waals surface area contributed by atoms with E-state index in [1.165, 1.54) is 6.07 Å². The first-order valence-electron chi connectivity index (χ1n) is 6.49. The van der Waals surface area contributed by atoms with Crippen LogP contribution in [0.3, 0.4) is 0 Å². The largest absolute Gasteiger partial charge is 0.507 e. The van der Waals surface area contributed by atoms with Crippen molar-refractivity contribution in [3.05, 3.63) is 28.8 Å². The molecular weight excluding hydrogens is 285 g/mol. The fraction of sp³-hybridized carbons (Fsp3) is 0.500. The summed E-state index contributed by atoms with van der Waals surface area (Å²) in [6.45, 7) is 0.744. The normalized spacial score (nSPS) is 18.8. The smallest absolute Gasteiger partial charge is 0.257 e. The third kappa shape index (κ3) is 3.34. The molecule has 1 aromatic rings. The molecule has 1 aliphatic rings. The number of likely N-dealkylation sites (tertiary alicyclic amines) is 1. The average molecular weight is 302 g/mol. The van der Waals surface area contributed by atoms with Gasteiger partial charge in [0.2, 0.25) is 0 Å². The summed E-state index contributed by atoms with van der Waals surface area (Å²) in [5, 5.41) is 10.3. The van der Waals surface area contributed by atoms with Crippen molar-refractivity contribution in [3.63, 3.8) is 0 Å². The van der Waals surface area contributed by atoms with Gasteiger partial charge in [-0.1, -0.05) is 11.6 Å². The molecule has 1 fully saturated rings. The molecule has 19 heavy (non-hydrogen) atoms. The van der Waals surface area contributed by atoms with Crippen LogP contribution in [0.25, 0.3) is 0 Å². The van der Waals surface area contributed by atoms with Crippen LogP contribution < -0.4 is 0 Å². The fourth-order valence-corrected chi connectivity index (χ4v) is 2.88. The van der Waals surface area contributed by atoms with E-state index < -0.39 is 0 Å². The Morgan fingerprint density at radius 3 is 2.95 bits per heavy atom. The summed E-state index contributed by atoms with van der Waals surface area (Å²) in [6, 6.07) is 4.84. The van der Waals surface area contributed by atoms with Crippen LogP contribution in [0.5, 0.6) is 5.75 Å². The number of carbonyl (C=O) groups excluding carboxylic acids is 1. The van der Waals surface area contributed by atoms with Crippen LogP contribution in [-0.2, 0) is 0 Å². The highest BCUT2D eigenvalue weighted by atomic mass is 35.5. The van der Waals surface area contributed by atoms with Gasteiger partial charge in [0.1, 0.15) is 5.75 Å². The van der Waals surface area contributed by atoms with E-state index in [1.807, 2.05) is 4.90 Å². The fourth-order valence-electron chi connectivity index (χ4n) is 2.56. The minimum atomic E-state index is -0.119. The first-order valence-corrected chi connectivity index (χ1v) is 7.40. The standard InChI is InChI=1S/C14H17Cl2NO2/c15-7-1-3-11-4-2-8-17(11)14(19)12-6-5-10(16)9-13(12)18/h5-6,9,11,18H,1-4,7-8H2. The number of nitrogens with zero attached hydrogens (tertiary/aromatic N) is 1. The van der Waals surface area contributed by atoms with E-state index in [1.54, 1.807) is 12.1 Å². The van der Waals surface area contributed by atoms with E-state index in [0.717, 1.165) is 32.2 Å². The molecular formula is C14H17Cl2NO2. The van der Waals surface area contributed by atoms with Crippen molar-refractivity contribution in [2.45, 2.75) is 31.7 Å². The summed E-state index contributed by atoms with van der Waals surface area (Å²) >= 11 is 11.5. The average Bonchev–Trinajstić information content (AvgIpc) is 2.83. The van der Waals surface area contributed by atoms with Gasteiger partial charge < -0.3 is 10.0 Å². The van der Waals surface area contributed by atoms with Gasteiger partial charge in [-0.3, -0.25) is 4.79 Å². The second-order valence-electron chi connectivity index (χ2n) is 4.79. The minimum absolute atomic E-state index is 0.0551. The highest BCUT2D eigenvalue weighted by Gasteiger charge is 2.30. The summed E-state index contributed by atoms with van der Waals surface area (Å²) < 4.78 is 0. The molecule has 0 aromatic heterocycles. The maximum atomic E-state index is 12.4. The van der Waals surface area contributed by atoms with Crippen molar-refractivity contribution in [2.75, 3.05) is 12.4 Å². The van der Waals surface area contributed by atoms with Gasteiger partial charge in [-0.15, -0.1) is 11.6 Å². The molecule has 104 valence electrons. The second kappa shape index (κ2) is 6.49. The zero-order valence-electron chi connectivity index (χ0n) is 10.6. The van der Waals surface area contributed by atoms with Gasteiger partial charge in [-0.25, -0.2) is 0 Å². The molecule has 5 heteroatoms. The number of aromatic hydroxyl groups is 1. The number of hydrogen-bond acceptors (Lipinski definition) is 2. The Bertz CT molecular complexity index is 465. The third-order valence-corrected chi connectivity index (χ3v) is 4.00. The lowest BCUT2D eigenvalue weighted by molar-refractivity contribution is 0.0727. The first kappa shape index (κ1) is 14.5. The van der Waals surface area contributed by atoms with Crippen molar-refractivity contribution in [1.29, 1.82) is 0 Å². The maximum absolute atomic E-state index is 12.4. The number of halogens is 2. The van der Waals surface area contributed by atoms with Crippen molar-refractivity contribution in [2.24, 2.45) is 0 Å². The van der Waals surface area contributed by atoms with E-state index in [4.69, 9.17) is 23.2 Å². The molecule has 1 atom stereocenters. The van der Waals surface area contributed by atoms with Crippen molar-refractivity contribution < 1.29 is 9.90 Å². The quantitative estimate of drug-likeness (QED) is 0.862. The van der Waals surface area contributed by atoms with E-state index in [-0.39, 0.29) is 17.7 Å². The number of phenolic OH excluding ortho intramolecular Hbond substituents is 1. The number of benzene rings is 1. The summed E-state index contributed by atoms with van der Waals surface area (Å²) in [4.78, 5) is 14.3. The van der Waals surface area contributed by atoms with Crippen LogP contribution >= 0.6 is 23.2 Å². The monoisotopic (exact) mass is 301 g/mol. The van der Waals surface area contributed by atoms with Gasteiger partial charge in [0.25, 0.3) is 5.91 Å². The van der Waals surface area contributed by atoms with Gasteiger partial charge in [-0.05, 0) is 43.9 Å². The maximum Gasteiger partial charge on any atom is 0.257 e. The molecule has 1 N–H and O–H groups in total. The SMILES string of the molecule is O=C(c1ccc(Cl)cc1O)N1CCCC1CCCCl. The van der Waals surface area contributed by atoms with Gasteiger partial charge in [0.15, 0.2) is 0 Å². The first-order chi connectivity index (χ1) is 9.13. The molecule has 0 aliphatic carbocycles. The molecule has 1 unspecified atom stereocenters. The van der Waals surface area contributed by atoms with Crippen LogP contribution in [0.4, 0.5) is 0 Å². The lowest BCUT2D eigenvalue weighted by Gasteiger charge is -2.25.